The van der Waals surface area contributed by atoms with E-state index in [1.165, 1.54) is 12.1 Å². The van der Waals surface area contributed by atoms with Gasteiger partial charge in [-0.15, -0.1) is 0 Å². The van der Waals surface area contributed by atoms with Crippen molar-refractivity contribution in [2.45, 2.75) is 36.7 Å². The molecule has 11 heteroatoms. The minimum Gasteiger partial charge on any atom is -0.465 e. The van der Waals surface area contributed by atoms with Crippen molar-refractivity contribution in [2.24, 2.45) is 0 Å². The van der Waals surface area contributed by atoms with Gasteiger partial charge in [-0.3, -0.25) is 4.79 Å². The van der Waals surface area contributed by atoms with Crippen molar-refractivity contribution < 1.29 is 17.6 Å². The molecule has 4 heterocycles. The van der Waals surface area contributed by atoms with E-state index in [1.807, 2.05) is 17.2 Å². The molecule has 1 amide bonds. The number of carbonyl (C=O) groups is 1. The normalized spacial score (nSPS) is 17.1. The molecule has 0 radical (unpaired) electrons. The van der Waals surface area contributed by atoms with Crippen molar-refractivity contribution in [3.05, 3.63) is 72.1 Å². The Hall–Kier alpha value is -3.70. The molecule has 1 spiro atoms. The maximum Gasteiger partial charge on any atom is 0.254 e. The SMILES string of the molecule is Cc1ccc(CNS(=O)(=O)c2ccc(C(=O)N3CCN(c4ncnc5[nH]ccc45)CC34CC4)cc2)o1. The van der Waals surface area contributed by atoms with Gasteiger partial charge in [-0.2, -0.15) is 0 Å². The average Bonchev–Trinajstić information content (AvgIpc) is 3.27. The molecule has 2 fully saturated rings. The molecule has 6 rings (SSSR count). The van der Waals surface area contributed by atoms with Crippen molar-refractivity contribution in [3.8, 4) is 0 Å². The fourth-order valence-electron chi connectivity index (χ4n) is 4.92. The van der Waals surface area contributed by atoms with Crippen LogP contribution in [-0.4, -0.2) is 59.4 Å². The van der Waals surface area contributed by atoms with E-state index in [1.54, 1.807) is 37.5 Å². The maximum absolute atomic E-state index is 13.4. The first-order chi connectivity index (χ1) is 17.3. The van der Waals surface area contributed by atoms with Gasteiger partial charge in [0.05, 0.1) is 22.4 Å². The molecule has 10 nitrogen and oxygen atoms in total. The summed E-state index contributed by atoms with van der Waals surface area (Å²) < 4.78 is 33.3. The monoisotopic (exact) mass is 506 g/mol. The Morgan fingerprint density at radius 2 is 1.92 bits per heavy atom. The first-order valence-corrected chi connectivity index (χ1v) is 13.3. The zero-order chi connectivity index (χ0) is 24.9. The van der Waals surface area contributed by atoms with Gasteiger partial charge >= 0.3 is 0 Å². The Bertz CT molecular complexity index is 1540. The van der Waals surface area contributed by atoms with Crippen LogP contribution in [0.1, 0.15) is 34.7 Å². The van der Waals surface area contributed by atoms with Gasteiger partial charge in [0.25, 0.3) is 5.91 Å². The standard InChI is InChI=1S/C25H26N6O4S/c1-17-2-5-19(35-17)14-29-36(33,34)20-6-3-18(4-7-20)24(32)31-13-12-30(15-25(31)9-10-25)23-21-8-11-26-22(21)27-16-28-23/h2-8,11,16,29H,9-10,12-15H2,1H3,(H,26,27,28). The first kappa shape index (κ1) is 22.7. The topological polar surface area (TPSA) is 124 Å². The van der Waals surface area contributed by atoms with Crippen LogP contribution in [-0.2, 0) is 16.6 Å². The number of benzene rings is 1. The molecule has 0 unspecified atom stereocenters. The lowest BCUT2D eigenvalue weighted by atomic mass is 10.1. The van der Waals surface area contributed by atoms with Gasteiger partial charge in [0, 0.05) is 31.4 Å². The number of H-pyrrole nitrogens is 1. The molecule has 0 atom stereocenters. The number of aromatic amines is 1. The predicted molar refractivity (Wildman–Crippen MR) is 133 cm³/mol. The number of fused-ring (bicyclic) bond motifs is 1. The lowest BCUT2D eigenvalue weighted by Gasteiger charge is -2.42. The number of aryl methyl sites for hydroxylation is 1. The maximum atomic E-state index is 13.4. The Morgan fingerprint density at radius 3 is 2.64 bits per heavy atom. The number of anilines is 1. The molecule has 186 valence electrons. The minimum atomic E-state index is -3.73. The highest BCUT2D eigenvalue weighted by molar-refractivity contribution is 7.89. The molecular formula is C25H26N6O4S. The van der Waals surface area contributed by atoms with E-state index in [-0.39, 0.29) is 22.9 Å². The Kier molecular flexibility index (Phi) is 5.34. The van der Waals surface area contributed by atoms with Crippen molar-refractivity contribution in [2.75, 3.05) is 24.5 Å². The van der Waals surface area contributed by atoms with Crippen LogP contribution < -0.4 is 9.62 Å². The summed E-state index contributed by atoms with van der Waals surface area (Å²) in [5.41, 5.74) is 1.05. The number of hydrogen-bond donors (Lipinski definition) is 2. The number of carbonyl (C=O) groups excluding carboxylic acids is 1. The molecule has 1 aliphatic carbocycles. The second-order valence-corrected chi connectivity index (χ2v) is 11.2. The summed E-state index contributed by atoms with van der Waals surface area (Å²) in [6, 6.07) is 11.6. The number of sulfonamides is 1. The molecule has 2 N–H and O–H groups in total. The highest BCUT2D eigenvalue weighted by Gasteiger charge is 2.53. The number of nitrogens with one attached hydrogen (secondary N) is 2. The van der Waals surface area contributed by atoms with E-state index < -0.39 is 10.0 Å². The summed E-state index contributed by atoms with van der Waals surface area (Å²) in [4.78, 5) is 29.6. The zero-order valence-electron chi connectivity index (χ0n) is 19.8. The van der Waals surface area contributed by atoms with Crippen molar-refractivity contribution in [3.63, 3.8) is 0 Å². The van der Waals surface area contributed by atoms with Crippen LogP contribution in [0.15, 0.2) is 64.3 Å². The zero-order valence-corrected chi connectivity index (χ0v) is 20.6. The number of amides is 1. The quantitative estimate of drug-likeness (QED) is 0.412. The molecule has 4 aromatic rings. The lowest BCUT2D eigenvalue weighted by molar-refractivity contribution is 0.0624. The summed E-state index contributed by atoms with van der Waals surface area (Å²) in [7, 11) is -3.73. The number of hydrogen-bond acceptors (Lipinski definition) is 7. The van der Waals surface area contributed by atoms with Gasteiger partial charge in [-0.05, 0) is 62.2 Å². The predicted octanol–water partition coefficient (Wildman–Crippen LogP) is 2.83. The van der Waals surface area contributed by atoms with E-state index in [9.17, 15) is 13.2 Å². The van der Waals surface area contributed by atoms with Gasteiger partial charge in [0.2, 0.25) is 10.0 Å². The largest absolute Gasteiger partial charge is 0.465 e. The summed E-state index contributed by atoms with van der Waals surface area (Å²) in [5, 5.41) is 0.973. The molecule has 2 aliphatic rings. The van der Waals surface area contributed by atoms with Gasteiger partial charge in [0.15, 0.2) is 0 Å². The fraction of sp³-hybridized carbons (Fsp3) is 0.320. The highest BCUT2D eigenvalue weighted by Crippen LogP contribution is 2.46. The van der Waals surface area contributed by atoms with Crippen LogP contribution >= 0.6 is 0 Å². The summed E-state index contributed by atoms with van der Waals surface area (Å²) >= 11 is 0. The molecule has 0 bridgehead atoms. The molecule has 3 aromatic heterocycles. The number of furan rings is 1. The van der Waals surface area contributed by atoms with Crippen molar-refractivity contribution >= 4 is 32.8 Å². The summed E-state index contributed by atoms with van der Waals surface area (Å²) in [6.45, 7) is 3.80. The fourth-order valence-corrected chi connectivity index (χ4v) is 5.91. The third-order valence-electron chi connectivity index (χ3n) is 7.00. The smallest absolute Gasteiger partial charge is 0.254 e. The van der Waals surface area contributed by atoms with Crippen LogP contribution in [0.5, 0.6) is 0 Å². The lowest BCUT2D eigenvalue weighted by Crippen LogP contribution is -2.57. The third kappa shape index (κ3) is 4.03. The van der Waals surface area contributed by atoms with Gasteiger partial charge in [0.1, 0.15) is 29.3 Å². The first-order valence-electron chi connectivity index (χ1n) is 11.8. The number of rotatable bonds is 6. The van der Waals surface area contributed by atoms with Crippen LogP contribution in [0.25, 0.3) is 11.0 Å². The highest BCUT2D eigenvalue weighted by atomic mass is 32.2. The Labute approximate surface area is 208 Å². The number of aromatic nitrogens is 3. The van der Waals surface area contributed by atoms with E-state index in [0.717, 1.165) is 35.5 Å². The summed E-state index contributed by atoms with van der Waals surface area (Å²) in [6.07, 6.45) is 5.27. The van der Waals surface area contributed by atoms with E-state index in [4.69, 9.17) is 4.42 Å². The van der Waals surface area contributed by atoms with Gasteiger partial charge in [-0.25, -0.2) is 23.1 Å². The average molecular weight is 507 g/mol. The number of piperazine rings is 1. The van der Waals surface area contributed by atoms with Crippen LogP contribution in [0.2, 0.25) is 0 Å². The van der Waals surface area contributed by atoms with Crippen molar-refractivity contribution in [1.29, 1.82) is 0 Å². The van der Waals surface area contributed by atoms with Crippen molar-refractivity contribution in [1.82, 2.24) is 24.6 Å². The van der Waals surface area contributed by atoms with Gasteiger partial charge in [-0.1, -0.05) is 0 Å². The van der Waals surface area contributed by atoms with E-state index in [0.29, 0.717) is 31.0 Å². The van der Waals surface area contributed by atoms with Crippen LogP contribution in [0, 0.1) is 6.92 Å². The molecular weight excluding hydrogens is 480 g/mol. The van der Waals surface area contributed by atoms with Gasteiger partial charge < -0.3 is 19.2 Å². The third-order valence-corrected chi connectivity index (χ3v) is 8.42. The molecule has 36 heavy (non-hydrogen) atoms. The van der Waals surface area contributed by atoms with Crippen LogP contribution in [0.4, 0.5) is 5.82 Å². The Morgan fingerprint density at radius 1 is 1.11 bits per heavy atom. The molecule has 1 aromatic carbocycles. The molecule has 1 saturated heterocycles. The Balaban J connectivity index is 1.15. The van der Waals surface area contributed by atoms with E-state index >= 15 is 0 Å². The van der Waals surface area contributed by atoms with Crippen LogP contribution in [0.3, 0.4) is 0 Å². The number of nitrogens with zero attached hydrogens (tertiary/aromatic N) is 4. The molecule has 1 saturated carbocycles. The summed E-state index contributed by atoms with van der Waals surface area (Å²) in [5.74, 6) is 2.06. The van der Waals surface area contributed by atoms with E-state index in [2.05, 4.69) is 24.6 Å². The second-order valence-electron chi connectivity index (χ2n) is 9.40. The second kappa shape index (κ2) is 8.45. The molecule has 1 aliphatic heterocycles. The minimum absolute atomic E-state index is 0.0606.